The van der Waals surface area contributed by atoms with Gasteiger partial charge in [-0.1, -0.05) is 38.1 Å². The van der Waals surface area contributed by atoms with Gasteiger partial charge in [-0.3, -0.25) is 4.79 Å². The Morgan fingerprint density at radius 1 is 1.24 bits per heavy atom. The van der Waals surface area contributed by atoms with Crippen molar-refractivity contribution in [3.8, 4) is 0 Å². The van der Waals surface area contributed by atoms with Crippen molar-refractivity contribution in [3.05, 3.63) is 35.4 Å². The van der Waals surface area contributed by atoms with E-state index in [0.717, 1.165) is 6.42 Å². The molecule has 94 valence electrons. The normalized spacial score (nSPS) is 10.6. The smallest absolute Gasteiger partial charge is 0.233 e. The minimum atomic E-state index is 0.0475. The van der Waals surface area contributed by atoms with Crippen molar-refractivity contribution in [2.75, 3.05) is 20.1 Å². The Morgan fingerprint density at radius 3 is 2.41 bits per heavy atom. The lowest BCUT2D eigenvalue weighted by atomic mass is 10.0. The van der Waals surface area contributed by atoms with Crippen LogP contribution in [0.1, 0.15) is 30.9 Å². The van der Waals surface area contributed by atoms with Crippen molar-refractivity contribution < 1.29 is 4.79 Å². The summed E-state index contributed by atoms with van der Waals surface area (Å²) in [6.45, 7) is 5.45. The number of carbonyl (C=O) groups is 1. The van der Waals surface area contributed by atoms with Crippen LogP contribution in [0.15, 0.2) is 24.3 Å². The van der Waals surface area contributed by atoms with Gasteiger partial charge in [0.2, 0.25) is 5.91 Å². The van der Waals surface area contributed by atoms with Crippen LogP contribution in [-0.4, -0.2) is 26.0 Å². The van der Waals surface area contributed by atoms with Gasteiger partial charge in [-0.15, -0.1) is 0 Å². The number of likely N-dealkylation sites (N-methyl/N-ethyl adjacent to an activating group) is 1. The van der Waals surface area contributed by atoms with Crippen LogP contribution >= 0.6 is 0 Å². The number of benzene rings is 1. The average Bonchev–Trinajstić information content (AvgIpc) is 2.30. The first-order valence-electron chi connectivity index (χ1n) is 6.13. The van der Waals surface area contributed by atoms with E-state index >= 15 is 0 Å². The lowest BCUT2D eigenvalue weighted by Gasteiger charge is -2.07. The summed E-state index contributed by atoms with van der Waals surface area (Å²) >= 11 is 0. The number of rotatable bonds is 6. The number of amides is 1. The minimum Gasteiger partial charge on any atom is -0.355 e. The molecule has 1 aromatic carbocycles. The minimum absolute atomic E-state index is 0.0475. The fourth-order valence-electron chi connectivity index (χ4n) is 1.64. The summed E-state index contributed by atoms with van der Waals surface area (Å²) in [5.41, 5.74) is 2.62. The molecule has 0 saturated heterocycles. The second-order valence-corrected chi connectivity index (χ2v) is 4.53. The highest BCUT2D eigenvalue weighted by atomic mass is 16.1. The van der Waals surface area contributed by atoms with Crippen LogP contribution in [0, 0.1) is 0 Å². The molecule has 0 radical (unpaired) electrons. The SMILES string of the molecule is CNCC(=O)NCCc1ccc(C(C)C)cc1. The molecule has 3 heteroatoms. The maximum Gasteiger partial charge on any atom is 0.233 e. The van der Waals surface area contributed by atoms with E-state index in [1.54, 1.807) is 7.05 Å². The average molecular weight is 234 g/mol. The fraction of sp³-hybridized carbons (Fsp3) is 0.500. The largest absolute Gasteiger partial charge is 0.355 e. The molecule has 1 rings (SSSR count). The zero-order valence-corrected chi connectivity index (χ0v) is 10.9. The lowest BCUT2D eigenvalue weighted by molar-refractivity contribution is -0.120. The Morgan fingerprint density at radius 2 is 1.88 bits per heavy atom. The summed E-state index contributed by atoms with van der Waals surface area (Å²) in [6, 6.07) is 8.60. The van der Waals surface area contributed by atoms with Gasteiger partial charge in [0.1, 0.15) is 0 Å². The molecule has 0 spiro atoms. The molecule has 0 aliphatic rings. The molecule has 0 fully saturated rings. The summed E-state index contributed by atoms with van der Waals surface area (Å²) in [6.07, 6.45) is 0.883. The maximum absolute atomic E-state index is 11.2. The first-order chi connectivity index (χ1) is 8.13. The van der Waals surface area contributed by atoms with Crippen molar-refractivity contribution in [2.45, 2.75) is 26.2 Å². The van der Waals surface area contributed by atoms with Gasteiger partial charge in [-0.05, 0) is 30.5 Å². The van der Waals surface area contributed by atoms with E-state index < -0.39 is 0 Å². The molecule has 1 amide bonds. The van der Waals surface area contributed by atoms with Gasteiger partial charge < -0.3 is 10.6 Å². The lowest BCUT2D eigenvalue weighted by Crippen LogP contribution is -2.33. The molecule has 2 N–H and O–H groups in total. The Hall–Kier alpha value is -1.35. The highest BCUT2D eigenvalue weighted by Gasteiger charge is 2.00. The third kappa shape index (κ3) is 5.00. The molecule has 0 saturated carbocycles. The first kappa shape index (κ1) is 13.7. The molecular formula is C14H22N2O. The second kappa shape index (κ2) is 7.07. The summed E-state index contributed by atoms with van der Waals surface area (Å²) in [7, 11) is 1.77. The first-order valence-corrected chi connectivity index (χ1v) is 6.13. The molecule has 3 nitrogen and oxygen atoms in total. The van der Waals surface area contributed by atoms with Gasteiger partial charge in [0, 0.05) is 6.54 Å². The van der Waals surface area contributed by atoms with Gasteiger partial charge >= 0.3 is 0 Å². The number of hydrogen-bond donors (Lipinski definition) is 2. The summed E-state index contributed by atoms with van der Waals surface area (Å²) < 4.78 is 0. The number of carbonyl (C=O) groups excluding carboxylic acids is 1. The van der Waals surface area contributed by atoms with E-state index in [0.29, 0.717) is 19.0 Å². The third-order valence-corrected chi connectivity index (χ3v) is 2.72. The van der Waals surface area contributed by atoms with Gasteiger partial charge in [-0.2, -0.15) is 0 Å². The van der Waals surface area contributed by atoms with Gasteiger partial charge in [0.05, 0.1) is 6.54 Å². The summed E-state index contributed by atoms with van der Waals surface area (Å²) in [5.74, 6) is 0.616. The Labute approximate surface area is 104 Å². The van der Waals surface area contributed by atoms with Crippen LogP contribution in [0.25, 0.3) is 0 Å². The molecule has 1 aromatic rings. The molecule has 0 atom stereocenters. The highest BCUT2D eigenvalue weighted by molar-refractivity contribution is 5.77. The van der Waals surface area contributed by atoms with Crippen molar-refractivity contribution in [1.29, 1.82) is 0 Å². The molecule has 0 aliphatic heterocycles. The number of nitrogens with one attached hydrogen (secondary N) is 2. The van der Waals surface area contributed by atoms with Crippen LogP contribution in [0.5, 0.6) is 0 Å². The predicted molar refractivity (Wildman–Crippen MR) is 71.2 cm³/mol. The Balaban J connectivity index is 2.35. The van der Waals surface area contributed by atoms with E-state index in [1.807, 2.05) is 0 Å². The number of hydrogen-bond acceptors (Lipinski definition) is 2. The van der Waals surface area contributed by atoms with Crippen molar-refractivity contribution in [1.82, 2.24) is 10.6 Å². The predicted octanol–water partition coefficient (Wildman–Crippen LogP) is 1.69. The van der Waals surface area contributed by atoms with E-state index in [1.165, 1.54) is 11.1 Å². The standard InChI is InChI=1S/C14H22N2O/c1-11(2)13-6-4-12(5-7-13)8-9-16-14(17)10-15-3/h4-7,11,15H,8-10H2,1-3H3,(H,16,17). The molecule has 0 unspecified atom stereocenters. The zero-order chi connectivity index (χ0) is 12.7. The maximum atomic E-state index is 11.2. The van der Waals surface area contributed by atoms with E-state index in [2.05, 4.69) is 48.7 Å². The fourth-order valence-corrected chi connectivity index (χ4v) is 1.64. The monoisotopic (exact) mass is 234 g/mol. The van der Waals surface area contributed by atoms with Gasteiger partial charge in [0.25, 0.3) is 0 Å². The topological polar surface area (TPSA) is 41.1 Å². The summed E-state index contributed by atoms with van der Waals surface area (Å²) in [5, 5.41) is 5.69. The summed E-state index contributed by atoms with van der Waals surface area (Å²) in [4.78, 5) is 11.2. The molecule has 0 aliphatic carbocycles. The molecule has 17 heavy (non-hydrogen) atoms. The van der Waals surface area contributed by atoms with Crippen LogP contribution in [0.2, 0.25) is 0 Å². The second-order valence-electron chi connectivity index (χ2n) is 4.53. The van der Waals surface area contributed by atoms with Crippen LogP contribution in [0.4, 0.5) is 0 Å². The van der Waals surface area contributed by atoms with E-state index in [4.69, 9.17) is 0 Å². The molecular weight excluding hydrogens is 212 g/mol. The zero-order valence-electron chi connectivity index (χ0n) is 10.9. The molecule has 0 bridgehead atoms. The molecule has 0 aromatic heterocycles. The van der Waals surface area contributed by atoms with Crippen molar-refractivity contribution in [3.63, 3.8) is 0 Å². The Kier molecular flexibility index (Phi) is 5.70. The highest BCUT2D eigenvalue weighted by Crippen LogP contribution is 2.14. The third-order valence-electron chi connectivity index (χ3n) is 2.72. The van der Waals surface area contributed by atoms with Gasteiger partial charge in [-0.25, -0.2) is 0 Å². The van der Waals surface area contributed by atoms with E-state index in [-0.39, 0.29) is 5.91 Å². The molecule has 0 heterocycles. The quantitative estimate of drug-likeness (QED) is 0.786. The van der Waals surface area contributed by atoms with E-state index in [9.17, 15) is 4.79 Å². The van der Waals surface area contributed by atoms with Gasteiger partial charge in [0.15, 0.2) is 0 Å². The van der Waals surface area contributed by atoms with Crippen molar-refractivity contribution in [2.24, 2.45) is 0 Å². The van der Waals surface area contributed by atoms with Crippen LogP contribution < -0.4 is 10.6 Å². The van der Waals surface area contributed by atoms with Crippen LogP contribution in [0.3, 0.4) is 0 Å². The Bertz CT molecular complexity index is 344. The van der Waals surface area contributed by atoms with Crippen molar-refractivity contribution >= 4 is 5.91 Å². The van der Waals surface area contributed by atoms with Crippen LogP contribution in [-0.2, 0) is 11.2 Å².